The molecule has 1 rings (SSSR count). The van der Waals surface area contributed by atoms with Gasteiger partial charge in [0, 0.05) is 11.8 Å². The van der Waals surface area contributed by atoms with Gasteiger partial charge in [-0.15, -0.1) is 0 Å². The van der Waals surface area contributed by atoms with Gasteiger partial charge in [0.1, 0.15) is 11.6 Å². The zero-order valence-electron chi connectivity index (χ0n) is 8.35. The second kappa shape index (κ2) is 4.53. The van der Waals surface area contributed by atoms with Gasteiger partial charge in [0.25, 0.3) is 6.43 Å². The predicted octanol–water partition coefficient (Wildman–Crippen LogP) is 2.92. The summed E-state index contributed by atoms with van der Waals surface area (Å²) in [5.74, 6) is -0.635. The molecule has 0 radical (unpaired) electrons. The normalized spacial score (nSPS) is 11.4. The van der Waals surface area contributed by atoms with E-state index in [2.05, 4.69) is 9.72 Å². The molecule has 1 heterocycles. The van der Waals surface area contributed by atoms with Crippen molar-refractivity contribution >= 4 is 0 Å². The molecule has 0 aliphatic carbocycles. The van der Waals surface area contributed by atoms with Gasteiger partial charge >= 0.3 is 6.18 Å². The number of ether oxygens (including phenoxy) is 1. The molecule has 0 amide bonds. The van der Waals surface area contributed by atoms with E-state index in [1.807, 2.05) is 0 Å². The number of aromatic nitrogens is 1. The minimum atomic E-state index is -5.08. The first-order valence-electron chi connectivity index (χ1n) is 4.15. The van der Waals surface area contributed by atoms with Crippen molar-refractivity contribution in [3.8, 4) is 11.9 Å². The fourth-order valence-electron chi connectivity index (χ4n) is 1.24. The summed E-state index contributed by atoms with van der Waals surface area (Å²) in [6.45, 7) is 0. The third-order valence-electron chi connectivity index (χ3n) is 1.90. The number of nitrogens with zero attached hydrogens (tertiary/aromatic N) is 2. The van der Waals surface area contributed by atoms with Crippen LogP contribution >= 0.6 is 0 Å². The summed E-state index contributed by atoms with van der Waals surface area (Å²) >= 11 is 0. The number of alkyl halides is 5. The Kier molecular flexibility index (Phi) is 3.50. The number of pyridine rings is 1. The van der Waals surface area contributed by atoms with Gasteiger partial charge in [0.15, 0.2) is 0 Å². The fraction of sp³-hybridized carbons (Fsp3) is 0.333. The van der Waals surface area contributed by atoms with Gasteiger partial charge in [-0.25, -0.2) is 13.8 Å². The van der Waals surface area contributed by atoms with Gasteiger partial charge in [-0.2, -0.15) is 18.4 Å². The molecular formula is C9H5F5N2O. The van der Waals surface area contributed by atoms with Crippen LogP contribution in [0, 0.1) is 11.3 Å². The summed E-state index contributed by atoms with van der Waals surface area (Å²) in [4.78, 5) is 3.24. The topological polar surface area (TPSA) is 45.9 Å². The minimum Gasteiger partial charge on any atom is -0.480 e. The summed E-state index contributed by atoms with van der Waals surface area (Å²) in [6.07, 6.45) is -8.10. The van der Waals surface area contributed by atoms with Crippen LogP contribution in [0.2, 0.25) is 0 Å². The maximum atomic E-state index is 12.6. The molecule has 17 heavy (non-hydrogen) atoms. The Bertz CT molecular complexity index is 464. The van der Waals surface area contributed by atoms with Crippen molar-refractivity contribution in [2.24, 2.45) is 0 Å². The zero-order chi connectivity index (χ0) is 13.2. The van der Waals surface area contributed by atoms with Crippen LogP contribution in [0.3, 0.4) is 0 Å². The Morgan fingerprint density at radius 1 is 1.41 bits per heavy atom. The number of hydrogen-bond acceptors (Lipinski definition) is 3. The molecule has 0 saturated carbocycles. The molecule has 0 aromatic carbocycles. The number of rotatable bonds is 2. The maximum Gasteiger partial charge on any atom is 0.418 e. The molecule has 1 aromatic rings. The lowest BCUT2D eigenvalue weighted by molar-refractivity contribution is -0.139. The maximum absolute atomic E-state index is 12.6. The third-order valence-corrected chi connectivity index (χ3v) is 1.90. The lowest BCUT2D eigenvalue weighted by Crippen LogP contribution is -2.14. The van der Waals surface area contributed by atoms with Crippen molar-refractivity contribution in [2.75, 3.05) is 7.11 Å². The van der Waals surface area contributed by atoms with Crippen LogP contribution in [0.4, 0.5) is 22.0 Å². The summed E-state index contributed by atoms with van der Waals surface area (Å²) in [5.41, 5.74) is -4.09. The van der Waals surface area contributed by atoms with Crippen LogP contribution in [0.25, 0.3) is 0 Å². The molecule has 92 valence electrons. The first-order chi connectivity index (χ1) is 7.82. The average molecular weight is 252 g/mol. The van der Waals surface area contributed by atoms with E-state index in [-0.39, 0.29) is 0 Å². The predicted molar refractivity (Wildman–Crippen MR) is 45.5 cm³/mol. The van der Waals surface area contributed by atoms with Crippen molar-refractivity contribution in [3.05, 3.63) is 22.9 Å². The van der Waals surface area contributed by atoms with E-state index in [0.717, 1.165) is 7.11 Å². The minimum absolute atomic E-state index is 0.354. The van der Waals surface area contributed by atoms with Gasteiger partial charge in [-0.05, 0) is 0 Å². The largest absolute Gasteiger partial charge is 0.480 e. The van der Waals surface area contributed by atoms with Gasteiger partial charge in [-0.3, -0.25) is 0 Å². The smallest absolute Gasteiger partial charge is 0.418 e. The molecule has 0 aliphatic rings. The highest BCUT2D eigenvalue weighted by atomic mass is 19.4. The van der Waals surface area contributed by atoms with E-state index in [1.54, 1.807) is 0 Å². The van der Waals surface area contributed by atoms with Crippen LogP contribution in [-0.4, -0.2) is 12.1 Å². The van der Waals surface area contributed by atoms with Gasteiger partial charge in [0.2, 0.25) is 5.88 Å². The quantitative estimate of drug-likeness (QED) is 0.760. The molecular weight excluding hydrogens is 247 g/mol. The van der Waals surface area contributed by atoms with Crippen LogP contribution < -0.4 is 4.74 Å². The highest BCUT2D eigenvalue weighted by Crippen LogP contribution is 2.40. The molecule has 0 saturated heterocycles. The van der Waals surface area contributed by atoms with E-state index in [0.29, 0.717) is 6.20 Å². The van der Waals surface area contributed by atoms with Crippen molar-refractivity contribution in [2.45, 2.75) is 12.6 Å². The second-order valence-corrected chi connectivity index (χ2v) is 2.88. The molecule has 0 N–H and O–H groups in total. The van der Waals surface area contributed by atoms with Gasteiger partial charge < -0.3 is 4.74 Å². The third kappa shape index (κ3) is 2.43. The molecule has 0 unspecified atom stereocenters. The molecule has 1 aromatic heterocycles. The first-order valence-corrected chi connectivity index (χ1v) is 4.15. The zero-order valence-corrected chi connectivity index (χ0v) is 8.35. The molecule has 8 heteroatoms. The number of hydrogen-bond donors (Lipinski definition) is 0. The molecule has 0 spiro atoms. The number of halogens is 5. The Hall–Kier alpha value is -1.91. The highest BCUT2D eigenvalue weighted by molar-refractivity contribution is 5.50. The second-order valence-electron chi connectivity index (χ2n) is 2.88. The molecule has 0 atom stereocenters. The first kappa shape index (κ1) is 13.2. The lowest BCUT2D eigenvalue weighted by Gasteiger charge is -2.15. The summed E-state index contributed by atoms with van der Waals surface area (Å²) in [6, 6.07) is 1.18. The molecule has 0 fully saturated rings. The van der Waals surface area contributed by atoms with E-state index < -0.39 is 35.2 Å². The average Bonchev–Trinajstić information content (AvgIpc) is 2.25. The van der Waals surface area contributed by atoms with E-state index in [1.165, 1.54) is 6.07 Å². The van der Waals surface area contributed by atoms with Crippen molar-refractivity contribution in [3.63, 3.8) is 0 Å². The van der Waals surface area contributed by atoms with Crippen LogP contribution in [0.5, 0.6) is 5.88 Å². The van der Waals surface area contributed by atoms with E-state index in [4.69, 9.17) is 5.26 Å². The van der Waals surface area contributed by atoms with Crippen LogP contribution in [-0.2, 0) is 6.18 Å². The molecule has 0 bridgehead atoms. The fourth-order valence-corrected chi connectivity index (χ4v) is 1.24. The SMILES string of the molecule is COc1ncc(C(F)F)c(C(F)(F)F)c1C#N. The molecule has 3 nitrogen and oxygen atoms in total. The summed E-state index contributed by atoms with van der Waals surface area (Å²) in [7, 11) is 0.991. The summed E-state index contributed by atoms with van der Waals surface area (Å²) in [5, 5.41) is 8.59. The van der Waals surface area contributed by atoms with Crippen molar-refractivity contribution < 1.29 is 26.7 Å². The number of methoxy groups -OCH3 is 1. The molecule has 0 aliphatic heterocycles. The van der Waals surface area contributed by atoms with Crippen LogP contribution in [0.15, 0.2) is 6.20 Å². The lowest BCUT2D eigenvalue weighted by atomic mass is 10.0. The van der Waals surface area contributed by atoms with E-state index >= 15 is 0 Å². The Balaban J connectivity index is 3.64. The number of nitriles is 1. The van der Waals surface area contributed by atoms with Crippen molar-refractivity contribution in [1.29, 1.82) is 5.26 Å². The monoisotopic (exact) mass is 252 g/mol. The Morgan fingerprint density at radius 2 is 2.00 bits per heavy atom. The van der Waals surface area contributed by atoms with Crippen LogP contribution in [0.1, 0.15) is 23.1 Å². The standard InChI is InChI=1S/C9H5F5N2O/c1-17-8-4(2-15)6(9(12,13)14)5(3-16-8)7(10)11/h3,7H,1H3. The van der Waals surface area contributed by atoms with Gasteiger partial charge in [-0.1, -0.05) is 0 Å². The Labute approximate surface area is 92.4 Å². The Morgan fingerprint density at radius 3 is 2.35 bits per heavy atom. The highest BCUT2D eigenvalue weighted by Gasteiger charge is 2.40. The van der Waals surface area contributed by atoms with Crippen molar-refractivity contribution in [1.82, 2.24) is 4.98 Å². The summed E-state index contributed by atoms with van der Waals surface area (Å²) < 4.78 is 67.1. The van der Waals surface area contributed by atoms with E-state index in [9.17, 15) is 22.0 Å². The van der Waals surface area contributed by atoms with Gasteiger partial charge in [0.05, 0.1) is 12.7 Å².